The number of rotatable bonds is 19. The molecule has 4 N–H and O–H groups in total. The predicted molar refractivity (Wildman–Crippen MR) is 316 cm³/mol. The summed E-state index contributed by atoms with van der Waals surface area (Å²) in [5, 5.41) is 26.7. The standard InChI is InChI=1S/C62H76N12O8S/c1-37(2)58(62(78)73-34-49(79-36-75)28-53(73)61(77)66-38(3)41-9-11-42(12-10-41)59-39(4)65-35-83-59)55-30-56(69-82-55)71-23-16-40(17-24-71)31-70-21-18-46(19-22-70)80-47-26-48(27-47)81-57-25-43(15-20-64-57)74-44-13-14-45(74)33-72(32-44)52-29-51(67-68-60(52)63)50-7-5-6-8-54(50)76/h5-12,15,20,25,29-30,35-38,40,44-49,53,58,76H,13-14,16-19,21-24,26-28,31-34H2,1-4H3,(H2,63,68)(H,66,77)/t38-,44?,45?,47?,48?,49+,53-,58+/m0/s1. The Labute approximate surface area is 488 Å². The predicted octanol–water partition coefficient (Wildman–Crippen LogP) is 8.17. The minimum Gasteiger partial charge on any atom is -0.507 e. The van der Waals surface area contributed by atoms with Crippen LogP contribution in [0.2, 0.25) is 0 Å². The molecule has 2 bridgehead atoms. The molecule has 12 rings (SSSR count). The molecule has 83 heavy (non-hydrogen) atoms. The van der Waals surface area contributed by atoms with E-state index >= 15 is 0 Å². The molecular formula is C62H76N12O8S. The quantitative estimate of drug-likeness (QED) is 0.0649. The number of fused-ring (bicyclic) bond motifs is 2. The summed E-state index contributed by atoms with van der Waals surface area (Å²) in [5.41, 5.74) is 14.4. The summed E-state index contributed by atoms with van der Waals surface area (Å²) in [5.74, 6) is 1.56. The van der Waals surface area contributed by atoms with E-state index in [-0.39, 0.29) is 60.8 Å². The molecule has 4 aromatic heterocycles. The van der Waals surface area contributed by atoms with Crippen molar-refractivity contribution in [1.82, 2.24) is 40.4 Å². The van der Waals surface area contributed by atoms with E-state index in [0.29, 0.717) is 53.2 Å². The van der Waals surface area contributed by atoms with Crippen LogP contribution in [0.3, 0.4) is 0 Å². The molecule has 6 atom stereocenters. The molecule has 6 aliphatic rings. The number of pyridine rings is 1. The second-order valence-corrected chi connectivity index (χ2v) is 24.8. The van der Waals surface area contributed by atoms with Gasteiger partial charge in [-0.3, -0.25) is 14.4 Å². The first-order chi connectivity index (χ1) is 40.3. The molecule has 2 amide bonds. The summed E-state index contributed by atoms with van der Waals surface area (Å²) in [7, 11) is 0. The van der Waals surface area contributed by atoms with Crippen LogP contribution in [0.1, 0.15) is 108 Å². The Hall–Kier alpha value is -7.36. The second-order valence-electron chi connectivity index (χ2n) is 24.0. The van der Waals surface area contributed by atoms with Crippen LogP contribution in [0.5, 0.6) is 11.6 Å². The fraction of sp³-hybridized carbons (Fsp3) is 0.516. The molecule has 2 unspecified atom stereocenters. The van der Waals surface area contributed by atoms with E-state index in [1.807, 2.05) is 87.9 Å². The highest BCUT2D eigenvalue weighted by atomic mass is 32.1. The van der Waals surface area contributed by atoms with Crippen LogP contribution in [0, 0.1) is 18.8 Å². The molecule has 9 heterocycles. The number of carbonyl (C=O) groups is 3. The first-order valence-corrected chi connectivity index (χ1v) is 30.6. The summed E-state index contributed by atoms with van der Waals surface area (Å²) >= 11 is 1.59. The zero-order chi connectivity index (χ0) is 57.3. The SMILES string of the molecule is Cc1ncsc1-c1ccc([C@H](C)NC(=O)[C@@H]2C[C@@H](OC=O)CN2C(=O)[C@@H](c2cc(N3CCC(CN4CCC(OC5CC(Oc6cc(N7C8CCC7CN(c7cc(-c9ccccc9O)nnc7N)C8)ccn6)C5)CC4)CC3)no2)C(C)C)cc1. The Bertz CT molecular complexity index is 3210. The molecule has 0 radical (unpaired) electrons. The molecule has 1 saturated carbocycles. The number of amides is 2. The van der Waals surface area contributed by atoms with E-state index in [1.54, 1.807) is 28.4 Å². The number of anilines is 4. The third-order valence-corrected chi connectivity index (χ3v) is 19.1. The smallest absolute Gasteiger partial charge is 0.293 e. The number of nitrogens with two attached hydrogens (primary N) is 1. The maximum Gasteiger partial charge on any atom is 0.293 e. The Morgan fingerprint density at radius 2 is 1.60 bits per heavy atom. The maximum atomic E-state index is 14.6. The molecule has 21 heteroatoms. The Kier molecular flexibility index (Phi) is 16.5. The van der Waals surface area contributed by atoms with Gasteiger partial charge in [0, 0.05) is 107 Å². The third kappa shape index (κ3) is 12.2. The van der Waals surface area contributed by atoms with Crippen molar-refractivity contribution in [3.8, 4) is 33.3 Å². The number of phenolic OH excluding ortho intramolecular Hbond substituents is 1. The molecule has 5 aliphatic heterocycles. The van der Waals surface area contributed by atoms with Crippen molar-refractivity contribution < 1.29 is 38.2 Å². The number of nitrogens with one attached hydrogen (secondary N) is 1. The minimum atomic E-state index is -0.829. The van der Waals surface area contributed by atoms with Gasteiger partial charge in [-0.25, -0.2) is 9.97 Å². The van der Waals surface area contributed by atoms with Crippen LogP contribution >= 0.6 is 11.3 Å². The summed E-state index contributed by atoms with van der Waals surface area (Å²) in [6.45, 7) is 14.7. The molecule has 2 aromatic carbocycles. The number of piperidine rings is 2. The van der Waals surface area contributed by atoms with Crippen LogP contribution in [-0.4, -0.2) is 153 Å². The van der Waals surface area contributed by atoms with Crippen molar-refractivity contribution in [2.75, 3.05) is 72.8 Å². The number of benzene rings is 2. The van der Waals surface area contributed by atoms with Gasteiger partial charge in [-0.1, -0.05) is 55.4 Å². The van der Waals surface area contributed by atoms with Gasteiger partial charge in [-0.15, -0.1) is 21.5 Å². The van der Waals surface area contributed by atoms with Crippen molar-refractivity contribution >= 4 is 52.6 Å². The van der Waals surface area contributed by atoms with Crippen molar-refractivity contribution in [2.24, 2.45) is 11.8 Å². The van der Waals surface area contributed by atoms with Gasteiger partial charge in [-0.2, -0.15) is 0 Å². The van der Waals surface area contributed by atoms with E-state index in [0.717, 1.165) is 136 Å². The number of thiazole rings is 1. The van der Waals surface area contributed by atoms with Gasteiger partial charge in [0.05, 0.1) is 52.3 Å². The number of aromatic nitrogens is 5. The largest absolute Gasteiger partial charge is 0.507 e. The number of nitrogens with zero attached hydrogens (tertiary/aromatic N) is 10. The lowest BCUT2D eigenvalue weighted by atomic mass is 9.91. The summed E-state index contributed by atoms with van der Waals surface area (Å²) in [6, 6.07) is 22.7. The van der Waals surface area contributed by atoms with E-state index in [9.17, 15) is 19.5 Å². The van der Waals surface area contributed by atoms with Crippen LogP contribution < -0.4 is 30.5 Å². The van der Waals surface area contributed by atoms with Gasteiger partial charge < -0.3 is 59.4 Å². The minimum absolute atomic E-state index is 0.0802. The molecule has 6 fully saturated rings. The third-order valence-electron chi connectivity index (χ3n) is 18.2. The van der Waals surface area contributed by atoms with Crippen LogP contribution in [0.4, 0.5) is 23.0 Å². The normalized spacial score (nSPS) is 24.0. The average molecular weight is 1150 g/mol. The van der Waals surface area contributed by atoms with Crippen molar-refractivity contribution in [3.63, 3.8) is 0 Å². The summed E-state index contributed by atoms with van der Waals surface area (Å²) in [6.07, 6.45) is 9.97. The lowest BCUT2D eigenvalue weighted by molar-refractivity contribution is -0.141. The van der Waals surface area contributed by atoms with Gasteiger partial charge in [0.25, 0.3) is 6.47 Å². The molecular weight excluding hydrogens is 1070 g/mol. The monoisotopic (exact) mass is 1150 g/mol. The molecule has 6 aromatic rings. The Balaban J connectivity index is 0.571. The van der Waals surface area contributed by atoms with Gasteiger partial charge in [0.2, 0.25) is 17.7 Å². The van der Waals surface area contributed by atoms with Gasteiger partial charge in [0.1, 0.15) is 29.9 Å². The van der Waals surface area contributed by atoms with E-state index < -0.39 is 18.1 Å². The number of aromatic hydroxyl groups is 1. The zero-order valence-corrected chi connectivity index (χ0v) is 48.6. The van der Waals surface area contributed by atoms with E-state index in [2.05, 4.69) is 62.4 Å². The average Bonchev–Trinajstić information content (AvgIpc) is 3.83. The lowest BCUT2D eigenvalue weighted by Gasteiger charge is -2.43. The second kappa shape index (κ2) is 24.5. The lowest BCUT2D eigenvalue weighted by Crippen LogP contribution is -2.54. The van der Waals surface area contributed by atoms with Crippen LogP contribution in [0.15, 0.2) is 89.0 Å². The van der Waals surface area contributed by atoms with Gasteiger partial charge in [-0.05, 0) is 99.6 Å². The highest BCUT2D eigenvalue weighted by molar-refractivity contribution is 7.13. The number of likely N-dealkylation sites (tertiary alicyclic amines) is 2. The number of nitrogen functional groups attached to an aromatic ring is 1. The number of carbonyl (C=O) groups excluding carboxylic acids is 3. The first kappa shape index (κ1) is 56.1. The summed E-state index contributed by atoms with van der Waals surface area (Å²) < 4.78 is 24.4. The van der Waals surface area contributed by atoms with Gasteiger partial charge in [0.15, 0.2) is 17.4 Å². The molecule has 5 saturated heterocycles. The number of ether oxygens (including phenoxy) is 3. The topological polar surface area (TPSA) is 231 Å². The van der Waals surface area contributed by atoms with Crippen LogP contribution in [0.25, 0.3) is 21.7 Å². The van der Waals surface area contributed by atoms with Crippen LogP contribution in [-0.2, 0) is 23.9 Å². The fourth-order valence-corrected chi connectivity index (χ4v) is 14.4. The fourth-order valence-electron chi connectivity index (χ4n) is 13.6. The number of phenols is 1. The Morgan fingerprint density at radius 1 is 0.843 bits per heavy atom. The maximum absolute atomic E-state index is 14.6. The first-order valence-electron chi connectivity index (χ1n) is 29.7. The zero-order valence-electron chi connectivity index (χ0n) is 47.8. The highest BCUT2D eigenvalue weighted by Gasteiger charge is 2.46. The van der Waals surface area contributed by atoms with Gasteiger partial charge >= 0.3 is 0 Å². The highest BCUT2D eigenvalue weighted by Crippen LogP contribution is 2.41. The number of aryl methyl sites for hydroxylation is 1. The molecule has 438 valence electrons. The molecule has 0 spiro atoms. The van der Waals surface area contributed by atoms with Crippen molar-refractivity contribution in [3.05, 3.63) is 102 Å². The Morgan fingerprint density at radius 3 is 2.31 bits per heavy atom. The van der Waals surface area contributed by atoms with Crippen molar-refractivity contribution in [2.45, 2.75) is 140 Å². The summed E-state index contributed by atoms with van der Waals surface area (Å²) in [4.78, 5) is 61.4. The number of piperazine rings is 1. The number of para-hydroxylation sites is 1. The van der Waals surface area contributed by atoms with E-state index in [1.165, 1.54) is 0 Å². The molecule has 1 aliphatic carbocycles. The number of hydrogen-bond donors (Lipinski definition) is 3. The number of hydrogen-bond acceptors (Lipinski definition) is 19. The molecule has 20 nitrogen and oxygen atoms in total. The van der Waals surface area contributed by atoms with Crippen molar-refractivity contribution in [1.29, 1.82) is 0 Å². The van der Waals surface area contributed by atoms with E-state index in [4.69, 9.17) is 24.5 Å².